The second-order valence-corrected chi connectivity index (χ2v) is 7.29. The fourth-order valence-electron chi connectivity index (χ4n) is 4.41. The van der Waals surface area contributed by atoms with Gasteiger partial charge in [-0.1, -0.05) is 30.3 Å². The predicted octanol–water partition coefficient (Wildman–Crippen LogP) is 4.49. The minimum atomic E-state index is 0.996. The van der Waals surface area contributed by atoms with Crippen LogP contribution >= 0.6 is 0 Å². The standard InChI is InChI=1S/C22H22N2/c1-15-10-17-12-18(16-6-4-3-5-7-16)13-24-21-8-9-23(2)14-20(21)19(11-15)22(17)24/h3-7,10-12H,8-9,13-14H2,1-2H3. The minimum absolute atomic E-state index is 0.996. The van der Waals surface area contributed by atoms with Gasteiger partial charge in [0.25, 0.3) is 0 Å². The van der Waals surface area contributed by atoms with E-state index in [-0.39, 0.29) is 0 Å². The molecular weight excluding hydrogens is 292 g/mol. The average molecular weight is 314 g/mol. The zero-order valence-electron chi connectivity index (χ0n) is 14.3. The number of fused-ring (bicyclic) bond motifs is 3. The fraction of sp³-hybridized carbons (Fsp3) is 0.273. The van der Waals surface area contributed by atoms with Crippen LogP contribution in [0.25, 0.3) is 22.6 Å². The van der Waals surface area contributed by atoms with E-state index in [0.717, 1.165) is 26.1 Å². The molecule has 0 unspecified atom stereocenters. The van der Waals surface area contributed by atoms with Crippen LogP contribution in [0.5, 0.6) is 0 Å². The number of nitrogens with zero attached hydrogens (tertiary/aromatic N) is 2. The summed E-state index contributed by atoms with van der Waals surface area (Å²) in [6.45, 7) is 5.44. The lowest BCUT2D eigenvalue weighted by atomic mass is 9.97. The molecule has 2 heteroatoms. The zero-order chi connectivity index (χ0) is 16.3. The third kappa shape index (κ3) is 1.99. The molecule has 0 amide bonds. The van der Waals surface area contributed by atoms with Gasteiger partial charge in [-0.25, -0.2) is 0 Å². The monoisotopic (exact) mass is 314 g/mol. The summed E-state index contributed by atoms with van der Waals surface area (Å²) in [5, 5.41) is 1.47. The average Bonchev–Trinajstić information content (AvgIpc) is 2.90. The quantitative estimate of drug-likeness (QED) is 0.642. The van der Waals surface area contributed by atoms with Gasteiger partial charge >= 0.3 is 0 Å². The van der Waals surface area contributed by atoms with E-state index in [1.54, 1.807) is 11.3 Å². The molecule has 3 aromatic rings. The number of likely N-dealkylation sites (N-methyl/N-ethyl adjacent to an activating group) is 1. The molecule has 2 aliphatic heterocycles. The van der Waals surface area contributed by atoms with Gasteiger partial charge in [0.15, 0.2) is 0 Å². The van der Waals surface area contributed by atoms with Crippen molar-refractivity contribution in [2.24, 2.45) is 0 Å². The van der Waals surface area contributed by atoms with E-state index < -0.39 is 0 Å². The van der Waals surface area contributed by atoms with Crippen molar-refractivity contribution in [2.45, 2.75) is 26.4 Å². The number of rotatable bonds is 1. The molecule has 5 rings (SSSR count). The van der Waals surface area contributed by atoms with E-state index in [1.807, 2.05) is 0 Å². The van der Waals surface area contributed by atoms with E-state index in [9.17, 15) is 0 Å². The molecule has 0 saturated carbocycles. The topological polar surface area (TPSA) is 8.17 Å². The predicted molar refractivity (Wildman–Crippen MR) is 101 cm³/mol. The molecule has 0 fully saturated rings. The van der Waals surface area contributed by atoms with Crippen LogP contribution < -0.4 is 0 Å². The maximum atomic E-state index is 2.59. The van der Waals surface area contributed by atoms with Crippen LogP contribution in [0.1, 0.15) is 27.9 Å². The summed E-state index contributed by atoms with van der Waals surface area (Å²) in [6.07, 6.45) is 3.56. The van der Waals surface area contributed by atoms with Gasteiger partial charge in [0.05, 0.1) is 5.52 Å². The van der Waals surface area contributed by atoms with Crippen LogP contribution in [0.15, 0.2) is 42.5 Å². The molecule has 0 atom stereocenters. The summed E-state index contributed by atoms with van der Waals surface area (Å²) in [7, 11) is 2.23. The number of aryl methyl sites for hydroxylation is 1. The summed E-state index contributed by atoms with van der Waals surface area (Å²) < 4.78 is 2.59. The molecule has 2 aromatic carbocycles. The number of aromatic nitrogens is 1. The van der Waals surface area contributed by atoms with Crippen LogP contribution in [-0.2, 0) is 19.5 Å². The number of hydrogen-bond acceptors (Lipinski definition) is 1. The molecule has 0 radical (unpaired) electrons. The Morgan fingerprint density at radius 2 is 1.83 bits per heavy atom. The molecule has 0 N–H and O–H groups in total. The maximum Gasteiger partial charge on any atom is 0.0562 e. The number of allylic oxidation sites excluding steroid dienone is 1. The van der Waals surface area contributed by atoms with Gasteiger partial charge in [-0.2, -0.15) is 0 Å². The first-order valence-corrected chi connectivity index (χ1v) is 8.80. The molecule has 0 aliphatic carbocycles. The highest BCUT2D eigenvalue weighted by Crippen LogP contribution is 2.39. The summed E-state index contributed by atoms with van der Waals surface area (Å²) in [5.74, 6) is 0. The molecule has 120 valence electrons. The van der Waals surface area contributed by atoms with Crippen molar-refractivity contribution in [2.75, 3.05) is 13.6 Å². The second kappa shape index (κ2) is 5.09. The van der Waals surface area contributed by atoms with Crippen LogP contribution in [0.2, 0.25) is 0 Å². The van der Waals surface area contributed by atoms with Crippen LogP contribution in [0.3, 0.4) is 0 Å². The lowest BCUT2D eigenvalue weighted by Gasteiger charge is -2.25. The van der Waals surface area contributed by atoms with Crippen LogP contribution in [0.4, 0.5) is 0 Å². The molecule has 0 spiro atoms. The summed E-state index contributed by atoms with van der Waals surface area (Å²) in [5.41, 5.74) is 10.0. The van der Waals surface area contributed by atoms with Crippen molar-refractivity contribution in [3.8, 4) is 0 Å². The molecule has 24 heavy (non-hydrogen) atoms. The molecule has 2 aliphatic rings. The van der Waals surface area contributed by atoms with E-state index in [2.05, 4.69) is 72.0 Å². The number of benzene rings is 2. The molecular formula is C22H22N2. The minimum Gasteiger partial charge on any atom is -0.339 e. The second-order valence-electron chi connectivity index (χ2n) is 7.29. The summed E-state index contributed by atoms with van der Waals surface area (Å²) in [6, 6.07) is 15.6. The molecule has 3 heterocycles. The Hall–Kier alpha value is -2.32. The van der Waals surface area contributed by atoms with Crippen molar-refractivity contribution in [3.05, 3.63) is 70.4 Å². The van der Waals surface area contributed by atoms with Crippen molar-refractivity contribution in [1.29, 1.82) is 0 Å². The largest absolute Gasteiger partial charge is 0.339 e. The first-order valence-electron chi connectivity index (χ1n) is 8.80. The van der Waals surface area contributed by atoms with Crippen molar-refractivity contribution >= 4 is 22.6 Å². The third-order valence-electron chi connectivity index (χ3n) is 5.51. The van der Waals surface area contributed by atoms with E-state index in [4.69, 9.17) is 0 Å². The Kier molecular flexibility index (Phi) is 2.98. The van der Waals surface area contributed by atoms with Gasteiger partial charge in [-0.3, -0.25) is 0 Å². The molecule has 1 aromatic heterocycles. The Labute approximate surface area is 143 Å². The Balaban J connectivity index is 1.77. The highest BCUT2D eigenvalue weighted by molar-refractivity contribution is 5.99. The Bertz CT molecular complexity index is 976. The third-order valence-corrected chi connectivity index (χ3v) is 5.51. The SMILES string of the molecule is Cc1cc2c3c(c1)c1c(n3CC(c3ccccc3)=C2)CCN(C)C1. The van der Waals surface area contributed by atoms with Crippen LogP contribution in [-0.4, -0.2) is 23.1 Å². The van der Waals surface area contributed by atoms with Gasteiger partial charge in [-0.05, 0) is 60.0 Å². The van der Waals surface area contributed by atoms with Gasteiger partial charge in [-0.15, -0.1) is 0 Å². The number of hydrogen-bond donors (Lipinski definition) is 0. The molecule has 0 saturated heterocycles. The lowest BCUT2D eigenvalue weighted by Crippen LogP contribution is -2.27. The Morgan fingerprint density at radius 3 is 2.67 bits per heavy atom. The first kappa shape index (κ1) is 14.1. The maximum absolute atomic E-state index is 2.59. The first-order chi connectivity index (χ1) is 11.7. The molecule has 2 nitrogen and oxygen atoms in total. The highest BCUT2D eigenvalue weighted by Gasteiger charge is 2.26. The van der Waals surface area contributed by atoms with Gasteiger partial charge < -0.3 is 9.47 Å². The van der Waals surface area contributed by atoms with Gasteiger partial charge in [0.1, 0.15) is 0 Å². The smallest absolute Gasteiger partial charge is 0.0562 e. The van der Waals surface area contributed by atoms with Crippen molar-refractivity contribution in [1.82, 2.24) is 9.47 Å². The Morgan fingerprint density at radius 1 is 1.00 bits per heavy atom. The highest BCUT2D eigenvalue weighted by atomic mass is 15.1. The van der Waals surface area contributed by atoms with E-state index in [0.29, 0.717) is 0 Å². The summed E-state index contributed by atoms with van der Waals surface area (Å²) >= 11 is 0. The molecule has 0 bridgehead atoms. The summed E-state index contributed by atoms with van der Waals surface area (Å²) in [4.78, 5) is 2.44. The lowest BCUT2D eigenvalue weighted by molar-refractivity contribution is 0.310. The van der Waals surface area contributed by atoms with Gasteiger partial charge in [0, 0.05) is 37.1 Å². The van der Waals surface area contributed by atoms with Gasteiger partial charge in [0.2, 0.25) is 0 Å². The normalized spacial score (nSPS) is 17.0. The van der Waals surface area contributed by atoms with Crippen LogP contribution in [0, 0.1) is 6.92 Å². The van der Waals surface area contributed by atoms with E-state index in [1.165, 1.54) is 33.2 Å². The van der Waals surface area contributed by atoms with E-state index >= 15 is 0 Å². The fourth-order valence-corrected chi connectivity index (χ4v) is 4.41. The van der Waals surface area contributed by atoms with Crippen molar-refractivity contribution < 1.29 is 0 Å². The van der Waals surface area contributed by atoms with Crippen molar-refractivity contribution in [3.63, 3.8) is 0 Å². The zero-order valence-corrected chi connectivity index (χ0v) is 14.3.